The summed E-state index contributed by atoms with van der Waals surface area (Å²) >= 11 is 1.44. The van der Waals surface area contributed by atoms with E-state index in [-0.39, 0.29) is 11.5 Å². The minimum Gasteiger partial charge on any atom is -0.493 e. The van der Waals surface area contributed by atoms with E-state index in [1.165, 1.54) is 31.6 Å². The summed E-state index contributed by atoms with van der Waals surface area (Å²) in [5.74, 6) is 0.215. The number of primary amides is 1. The zero-order valence-corrected chi connectivity index (χ0v) is 18.4. The number of hydrogen-bond donors (Lipinski definition) is 2. The molecular weight excluding hydrogens is 416 g/mol. The lowest BCUT2D eigenvalue weighted by molar-refractivity contribution is -0.116. The fourth-order valence-electron chi connectivity index (χ4n) is 3.01. The van der Waals surface area contributed by atoms with E-state index in [9.17, 15) is 9.59 Å². The Balaban J connectivity index is 1.94. The highest BCUT2D eigenvalue weighted by atomic mass is 32.1. The summed E-state index contributed by atoms with van der Waals surface area (Å²) in [6.07, 6.45) is 5.49. The molecule has 0 atom stereocenters. The monoisotopic (exact) mass is 440 g/mol. The van der Waals surface area contributed by atoms with Crippen molar-refractivity contribution in [2.45, 2.75) is 26.2 Å². The molecule has 0 unspecified atom stereocenters. The van der Waals surface area contributed by atoms with E-state index in [4.69, 9.17) is 15.2 Å². The smallest absolute Gasteiger partial charge is 0.249 e. The zero-order chi connectivity index (χ0) is 22.4. The van der Waals surface area contributed by atoms with E-state index in [0.717, 1.165) is 23.4 Å². The number of aromatic nitrogens is 2. The molecule has 0 saturated carbocycles. The third-order valence-electron chi connectivity index (χ3n) is 4.59. The number of carbonyl (C=O) groups excluding carboxylic acids is 2. The van der Waals surface area contributed by atoms with Crippen LogP contribution in [0.25, 0.3) is 21.8 Å². The van der Waals surface area contributed by atoms with E-state index in [0.29, 0.717) is 34.9 Å². The van der Waals surface area contributed by atoms with Crippen molar-refractivity contribution >= 4 is 28.8 Å². The molecule has 3 rings (SSSR count). The number of nitrogens with two attached hydrogens (primary N) is 1. The Hall–Kier alpha value is -3.46. The van der Waals surface area contributed by atoms with Gasteiger partial charge in [0.1, 0.15) is 0 Å². The number of amides is 2. The van der Waals surface area contributed by atoms with Gasteiger partial charge in [0.15, 0.2) is 11.5 Å². The Morgan fingerprint density at radius 3 is 2.48 bits per heavy atom. The van der Waals surface area contributed by atoms with Crippen LogP contribution < -0.4 is 20.5 Å². The number of methoxy groups -OCH3 is 2. The first-order valence-corrected chi connectivity index (χ1v) is 10.6. The predicted octanol–water partition coefficient (Wildman–Crippen LogP) is 4.12. The van der Waals surface area contributed by atoms with E-state index in [2.05, 4.69) is 15.3 Å². The van der Waals surface area contributed by atoms with Crippen LogP contribution in [-0.4, -0.2) is 36.0 Å². The molecule has 162 valence electrons. The largest absolute Gasteiger partial charge is 0.493 e. The number of ether oxygens (including phenoxy) is 2. The van der Waals surface area contributed by atoms with Crippen LogP contribution in [0.5, 0.6) is 11.5 Å². The molecule has 0 fully saturated rings. The molecule has 0 saturated heterocycles. The van der Waals surface area contributed by atoms with Crippen molar-refractivity contribution in [3.63, 3.8) is 0 Å². The Morgan fingerprint density at radius 2 is 1.81 bits per heavy atom. The minimum absolute atomic E-state index is 0.0116. The topological polar surface area (TPSA) is 116 Å². The van der Waals surface area contributed by atoms with Gasteiger partial charge >= 0.3 is 0 Å². The van der Waals surface area contributed by atoms with Gasteiger partial charge < -0.3 is 20.5 Å². The van der Waals surface area contributed by atoms with Crippen LogP contribution in [-0.2, 0) is 4.79 Å². The van der Waals surface area contributed by atoms with Gasteiger partial charge in [-0.1, -0.05) is 13.3 Å². The van der Waals surface area contributed by atoms with Crippen molar-refractivity contribution < 1.29 is 19.1 Å². The minimum atomic E-state index is -0.614. The molecule has 8 nitrogen and oxygen atoms in total. The van der Waals surface area contributed by atoms with Crippen molar-refractivity contribution in [1.29, 1.82) is 0 Å². The van der Waals surface area contributed by atoms with Gasteiger partial charge in [-0.25, -0.2) is 4.98 Å². The van der Waals surface area contributed by atoms with Crippen molar-refractivity contribution in [2.75, 3.05) is 19.5 Å². The highest BCUT2D eigenvalue weighted by Crippen LogP contribution is 2.36. The lowest BCUT2D eigenvalue weighted by Gasteiger charge is -2.13. The maximum atomic E-state index is 12.0. The second-order valence-corrected chi connectivity index (χ2v) is 7.67. The maximum absolute atomic E-state index is 12.0. The molecule has 0 aliphatic heterocycles. The van der Waals surface area contributed by atoms with E-state index in [1.807, 2.05) is 18.4 Å². The van der Waals surface area contributed by atoms with Gasteiger partial charge in [-0.2, -0.15) is 0 Å². The number of hydrogen-bond acceptors (Lipinski definition) is 7. The van der Waals surface area contributed by atoms with Crippen molar-refractivity contribution in [2.24, 2.45) is 5.73 Å². The molecule has 31 heavy (non-hydrogen) atoms. The number of anilines is 1. The van der Waals surface area contributed by atoms with Gasteiger partial charge in [-0.3, -0.25) is 14.6 Å². The standard InChI is InChI=1S/C22H24N4O4S/c1-4-5-6-21(27)25-13-7-20(31-12-13)17-11-24-10-16(26-17)14-8-18(29-2)19(30-3)9-15(14)22(23)28/h7-12H,4-6H2,1-3H3,(H2,23,28)(H,25,27). The summed E-state index contributed by atoms with van der Waals surface area (Å²) in [5.41, 5.74) is 8.12. The SMILES string of the molecule is CCCCC(=O)Nc1csc(-c2cncc(-c3cc(OC)c(OC)cc3C(N)=O)n2)c1. The number of benzene rings is 1. The van der Waals surface area contributed by atoms with E-state index in [1.54, 1.807) is 18.5 Å². The molecule has 0 radical (unpaired) electrons. The van der Waals surface area contributed by atoms with Crippen LogP contribution in [0.1, 0.15) is 36.5 Å². The Bertz CT molecular complexity index is 1100. The summed E-state index contributed by atoms with van der Waals surface area (Å²) in [6.45, 7) is 2.05. The van der Waals surface area contributed by atoms with E-state index < -0.39 is 5.91 Å². The van der Waals surface area contributed by atoms with Crippen LogP contribution in [0.3, 0.4) is 0 Å². The van der Waals surface area contributed by atoms with Gasteiger partial charge in [0.25, 0.3) is 0 Å². The highest BCUT2D eigenvalue weighted by Gasteiger charge is 2.18. The van der Waals surface area contributed by atoms with Crippen LogP contribution in [0.15, 0.2) is 36.0 Å². The number of thiophene rings is 1. The van der Waals surface area contributed by atoms with Gasteiger partial charge in [-0.05, 0) is 24.6 Å². The summed E-state index contributed by atoms with van der Waals surface area (Å²) in [4.78, 5) is 33.8. The third-order valence-corrected chi connectivity index (χ3v) is 5.55. The van der Waals surface area contributed by atoms with Crippen LogP contribution >= 0.6 is 11.3 Å². The van der Waals surface area contributed by atoms with Gasteiger partial charge in [0, 0.05) is 17.4 Å². The summed E-state index contributed by atoms with van der Waals surface area (Å²) in [7, 11) is 2.99. The molecule has 0 aliphatic rings. The predicted molar refractivity (Wildman–Crippen MR) is 121 cm³/mol. The molecule has 0 aliphatic carbocycles. The van der Waals surface area contributed by atoms with Crippen LogP contribution in [0.4, 0.5) is 5.69 Å². The molecule has 2 amide bonds. The van der Waals surface area contributed by atoms with Gasteiger partial charge in [0.2, 0.25) is 11.8 Å². The molecule has 2 heterocycles. The average molecular weight is 441 g/mol. The molecule has 0 bridgehead atoms. The molecule has 2 aromatic heterocycles. The molecule has 3 aromatic rings. The quantitative estimate of drug-likeness (QED) is 0.517. The van der Waals surface area contributed by atoms with Gasteiger partial charge in [0.05, 0.1) is 54.1 Å². The normalized spacial score (nSPS) is 10.5. The first kappa shape index (κ1) is 22.2. The van der Waals surface area contributed by atoms with Crippen molar-refractivity contribution in [3.05, 3.63) is 41.5 Å². The van der Waals surface area contributed by atoms with E-state index >= 15 is 0 Å². The zero-order valence-electron chi connectivity index (χ0n) is 17.6. The fourth-order valence-corrected chi connectivity index (χ4v) is 3.80. The molecule has 0 spiro atoms. The Labute approximate surface area is 184 Å². The molecule has 9 heteroatoms. The first-order valence-electron chi connectivity index (χ1n) is 9.73. The van der Waals surface area contributed by atoms with Crippen LogP contribution in [0, 0.1) is 0 Å². The lowest BCUT2D eigenvalue weighted by atomic mass is 10.0. The number of rotatable bonds is 9. The second kappa shape index (κ2) is 10.0. The molecule has 3 N–H and O–H groups in total. The number of carbonyl (C=O) groups is 2. The summed E-state index contributed by atoms with van der Waals surface area (Å²) in [5, 5.41) is 4.76. The third kappa shape index (κ3) is 5.18. The Morgan fingerprint density at radius 1 is 1.10 bits per heavy atom. The highest BCUT2D eigenvalue weighted by molar-refractivity contribution is 7.14. The number of unbranched alkanes of at least 4 members (excludes halogenated alkanes) is 1. The van der Waals surface area contributed by atoms with Crippen molar-refractivity contribution in [3.8, 4) is 33.3 Å². The number of nitrogens with one attached hydrogen (secondary N) is 1. The second-order valence-electron chi connectivity index (χ2n) is 6.76. The molecular formula is C22H24N4O4S. The molecule has 1 aromatic carbocycles. The summed E-state index contributed by atoms with van der Waals surface area (Å²) < 4.78 is 10.6. The number of nitrogens with zero attached hydrogens (tertiary/aromatic N) is 2. The average Bonchev–Trinajstić information content (AvgIpc) is 3.25. The van der Waals surface area contributed by atoms with Crippen molar-refractivity contribution in [1.82, 2.24) is 9.97 Å². The fraction of sp³-hybridized carbons (Fsp3) is 0.273. The summed E-state index contributed by atoms with van der Waals surface area (Å²) in [6, 6.07) is 5.03. The maximum Gasteiger partial charge on any atom is 0.249 e. The van der Waals surface area contributed by atoms with Gasteiger partial charge in [-0.15, -0.1) is 11.3 Å². The first-order chi connectivity index (χ1) is 15.0. The van der Waals surface area contributed by atoms with Crippen LogP contribution in [0.2, 0.25) is 0 Å². The Kier molecular flexibility index (Phi) is 7.19. The lowest BCUT2D eigenvalue weighted by Crippen LogP contribution is -2.13.